The van der Waals surface area contributed by atoms with Gasteiger partial charge in [0.15, 0.2) is 0 Å². The molecule has 1 atom stereocenters. The molecule has 10 nitrogen and oxygen atoms in total. The highest BCUT2D eigenvalue weighted by Gasteiger charge is 2.24. The predicted octanol–water partition coefficient (Wildman–Crippen LogP) is 7.32. The Balaban J connectivity index is 1.99. The molecule has 0 aliphatic heterocycles. The third-order valence-corrected chi connectivity index (χ3v) is 8.65. The molecule has 2 aromatic rings. The SMILES string of the molecule is CCCCCCCCC(CC(=O)NNC(=O)c1cccc(CCCCCC)c1O)C(=O)NNC(=O)c1cccc(CCCCCC)c1O. The first-order valence-electron chi connectivity index (χ1n) is 18.0. The van der Waals surface area contributed by atoms with Gasteiger partial charge in [-0.3, -0.25) is 40.9 Å². The fourth-order valence-electron chi connectivity index (χ4n) is 5.69. The zero-order chi connectivity index (χ0) is 35.1. The summed E-state index contributed by atoms with van der Waals surface area (Å²) in [6.45, 7) is 6.39. The van der Waals surface area contributed by atoms with Crippen molar-refractivity contribution in [1.29, 1.82) is 0 Å². The molecule has 6 N–H and O–H groups in total. The lowest BCUT2D eigenvalue weighted by Gasteiger charge is -2.18. The third-order valence-electron chi connectivity index (χ3n) is 8.65. The second-order valence-corrected chi connectivity index (χ2v) is 12.7. The minimum Gasteiger partial charge on any atom is -0.507 e. The highest BCUT2D eigenvalue weighted by molar-refractivity contribution is 5.99. The number of aromatic hydroxyl groups is 2. The van der Waals surface area contributed by atoms with E-state index in [1.54, 1.807) is 24.3 Å². The van der Waals surface area contributed by atoms with Crippen LogP contribution >= 0.6 is 0 Å². The van der Waals surface area contributed by atoms with Gasteiger partial charge in [-0.05, 0) is 55.4 Å². The number of hydrazine groups is 2. The number of rotatable bonds is 22. The van der Waals surface area contributed by atoms with E-state index in [1.165, 1.54) is 12.1 Å². The molecule has 0 heterocycles. The van der Waals surface area contributed by atoms with Crippen LogP contribution in [-0.2, 0) is 22.4 Å². The molecule has 0 aliphatic rings. The van der Waals surface area contributed by atoms with Crippen LogP contribution in [0.5, 0.6) is 11.5 Å². The Morgan fingerprint density at radius 2 is 1.00 bits per heavy atom. The molecule has 2 aromatic carbocycles. The molecule has 0 radical (unpaired) electrons. The van der Waals surface area contributed by atoms with Crippen molar-refractivity contribution in [3.05, 3.63) is 58.7 Å². The summed E-state index contributed by atoms with van der Waals surface area (Å²) in [4.78, 5) is 51.9. The van der Waals surface area contributed by atoms with Crippen molar-refractivity contribution in [1.82, 2.24) is 21.7 Å². The number of hydrogen-bond donors (Lipinski definition) is 6. The summed E-state index contributed by atoms with van der Waals surface area (Å²) in [5.74, 6) is -3.41. The van der Waals surface area contributed by atoms with Crippen LogP contribution in [0, 0.1) is 5.92 Å². The van der Waals surface area contributed by atoms with Crippen LogP contribution in [0.3, 0.4) is 0 Å². The number of carbonyl (C=O) groups excluding carboxylic acids is 4. The topological polar surface area (TPSA) is 157 Å². The van der Waals surface area contributed by atoms with Gasteiger partial charge in [0.05, 0.1) is 11.1 Å². The number of benzene rings is 2. The average molecular weight is 667 g/mol. The Labute approximate surface area is 286 Å². The van der Waals surface area contributed by atoms with Gasteiger partial charge in [-0.15, -0.1) is 0 Å². The van der Waals surface area contributed by atoms with E-state index in [2.05, 4.69) is 42.5 Å². The van der Waals surface area contributed by atoms with Gasteiger partial charge < -0.3 is 10.2 Å². The lowest BCUT2D eigenvalue weighted by atomic mass is 9.96. The molecule has 10 heteroatoms. The van der Waals surface area contributed by atoms with Crippen molar-refractivity contribution in [3.63, 3.8) is 0 Å². The Morgan fingerprint density at radius 3 is 1.50 bits per heavy atom. The molecule has 2 rings (SSSR count). The van der Waals surface area contributed by atoms with Crippen LogP contribution < -0.4 is 21.7 Å². The van der Waals surface area contributed by atoms with Crippen molar-refractivity contribution in [2.75, 3.05) is 0 Å². The van der Waals surface area contributed by atoms with Gasteiger partial charge >= 0.3 is 0 Å². The molecule has 0 spiro atoms. The van der Waals surface area contributed by atoms with Crippen molar-refractivity contribution in [2.45, 2.75) is 136 Å². The standard InChI is InChI=1S/C38H58N4O6/c1-4-7-10-13-14-17-22-30(36(46)40-42-38(48)32-26-19-24-29(35(32)45)21-16-12-9-6-3)27-33(43)39-41-37(47)31-25-18-23-28(34(31)44)20-15-11-8-5-2/h18-19,23-26,30,44-45H,4-17,20-22,27H2,1-3H3,(H,39,43)(H,40,46)(H,41,47)(H,42,48). The summed E-state index contributed by atoms with van der Waals surface area (Å²) >= 11 is 0. The Kier molecular flexibility index (Phi) is 19.4. The summed E-state index contributed by atoms with van der Waals surface area (Å²) in [7, 11) is 0. The molecule has 1 unspecified atom stereocenters. The van der Waals surface area contributed by atoms with E-state index in [-0.39, 0.29) is 29.0 Å². The van der Waals surface area contributed by atoms with Gasteiger partial charge in [-0.1, -0.05) is 122 Å². The van der Waals surface area contributed by atoms with E-state index in [0.29, 0.717) is 30.4 Å². The molecular formula is C38H58N4O6. The quantitative estimate of drug-likeness (QED) is 0.0571. The lowest BCUT2D eigenvalue weighted by Crippen LogP contribution is -2.47. The Morgan fingerprint density at radius 1 is 0.562 bits per heavy atom. The molecule has 4 amide bonds. The van der Waals surface area contributed by atoms with E-state index < -0.39 is 29.5 Å². The minimum absolute atomic E-state index is 0.0562. The Hall–Kier alpha value is -4.08. The van der Waals surface area contributed by atoms with Crippen LogP contribution in [0.1, 0.15) is 155 Å². The maximum Gasteiger partial charge on any atom is 0.273 e. The molecule has 48 heavy (non-hydrogen) atoms. The average Bonchev–Trinajstić information content (AvgIpc) is 3.08. The van der Waals surface area contributed by atoms with E-state index in [1.807, 2.05) is 0 Å². The number of unbranched alkanes of at least 4 members (excludes halogenated alkanes) is 11. The van der Waals surface area contributed by atoms with Crippen molar-refractivity contribution in [2.24, 2.45) is 5.92 Å². The smallest absolute Gasteiger partial charge is 0.273 e. The fraction of sp³-hybridized carbons (Fsp3) is 0.579. The number of phenolic OH excluding ortho intramolecular Hbond substituents is 2. The number of phenols is 2. The first-order chi connectivity index (χ1) is 23.2. The molecule has 0 fully saturated rings. The number of carbonyl (C=O) groups is 4. The zero-order valence-corrected chi connectivity index (χ0v) is 29.3. The number of hydrogen-bond acceptors (Lipinski definition) is 6. The fourth-order valence-corrected chi connectivity index (χ4v) is 5.69. The maximum absolute atomic E-state index is 13.2. The normalized spacial score (nSPS) is 11.5. The van der Waals surface area contributed by atoms with Gasteiger partial charge in [-0.25, -0.2) is 0 Å². The highest BCUT2D eigenvalue weighted by atomic mass is 16.3. The van der Waals surface area contributed by atoms with Crippen molar-refractivity contribution in [3.8, 4) is 11.5 Å². The van der Waals surface area contributed by atoms with E-state index in [0.717, 1.165) is 89.9 Å². The molecule has 0 aliphatic carbocycles. The molecule has 0 saturated heterocycles. The molecular weight excluding hydrogens is 608 g/mol. The summed E-state index contributed by atoms with van der Waals surface area (Å²) in [5, 5.41) is 21.4. The van der Waals surface area contributed by atoms with Crippen LogP contribution in [0.25, 0.3) is 0 Å². The van der Waals surface area contributed by atoms with Crippen LogP contribution in [0.2, 0.25) is 0 Å². The highest BCUT2D eigenvalue weighted by Crippen LogP contribution is 2.26. The zero-order valence-electron chi connectivity index (χ0n) is 29.3. The first-order valence-corrected chi connectivity index (χ1v) is 18.0. The van der Waals surface area contributed by atoms with Crippen molar-refractivity contribution < 1.29 is 29.4 Å². The number of para-hydroxylation sites is 2. The van der Waals surface area contributed by atoms with Gasteiger partial charge in [0.2, 0.25) is 11.8 Å². The maximum atomic E-state index is 13.2. The largest absolute Gasteiger partial charge is 0.507 e. The van der Waals surface area contributed by atoms with Crippen molar-refractivity contribution >= 4 is 23.6 Å². The second kappa shape index (κ2) is 23.3. The number of nitrogens with one attached hydrogen (secondary N) is 4. The summed E-state index contributed by atoms with van der Waals surface area (Å²) in [6, 6.07) is 9.96. The van der Waals surface area contributed by atoms with E-state index >= 15 is 0 Å². The number of amides is 4. The number of aryl methyl sites for hydroxylation is 2. The monoisotopic (exact) mass is 666 g/mol. The summed E-state index contributed by atoms with van der Waals surface area (Å²) in [6.07, 6.45) is 15.8. The Bertz CT molecular complexity index is 1300. The van der Waals surface area contributed by atoms with Crippen LogP contribution in [0.4, 0.5) is 0 Å². The van der Waals surface area contributed by atoms with Gasteiger partial charge in [-0.2, -0.15) is 0 Å². The lowest BCUT2D eigenvalue weighted by molar-refractivity contribution is -0.131. The van der Waals surface area contributed by atoms with E-state index in [9.17, 15) is 29.4 Å². The first kappa shape index (κ1) is 40.1. The molecule has 0 bridgehead atoms. The van der Waals surface area contributed by atoms with Crippen LogP contribution in [-0.4, -0.2) is 33.8 Å². The predicted molar refractivity (Wildman–Crippen MR) is 189 cm³/mol. The third kappa shape index (κ3) is 14.4. The minimum atomic E-state index is -0.772. The molecule has 0 aromatic heterocycles. The van der Waals surface area contributed by atoms with Gasteiger partial charge in [0.25, 0.3) is 11.8 Å². The summed E-state index contributed by atoms with van der Waals surface area (Å²) in [5.41, 5.74) is 11.0. The van der Waals surface area contributed by atoms with Gasteiger partial charge in [0, 0.05) is 12.3 Å². The van der Waals surface area contributed by atoms with Gasteiger partial charge in [0.1, 0.15) is 11.5 Å². The molecule has 0 saturated carbocycles. The summed E-state index contributed by atoms with van der Waals surface area (Å²) < 4.78 is 0. The molecule has 266 valence electrons. The van der Waals surface area contributed by atoms with Crippen LogP contribution in [0.15, 0.2) is 36.4 Å². The second-order valence-electron chi connectivity index (χ2n) is 12.7. The van der Waals surface area contributed by atoms with E-state index in [4.69, 9.17) is 0 Å².